The average Bonchev–Trinajstić information content (AvgIpc) is 3.00. The monoisotopic (exact) mass is 423 g/mol. The molecule has 1 aliphatic heterocycles. The topological polar surface area (TPSA) is 82.5 Å². The van der Waals surface area contributed by atoms with E-state index in [4.69, 9.17) is 9.47 Å². The van der Waals surface area contributed by atoms with Crippen molar-refractivity contribution in [3.05, 3.63) is 76.3 Å². The van der Waals surface area contributed by atoms with Crippen molar-refractivity contribution < 1.29 is 18.7 Å². The second kappa shape index (κ2) is 8.99. The van der Waals surface area contributed by atoms with E-state index in [2.05, 4.69) is 10.4 Å². The van der Waals surface area contributed by atoms with Crippen LogP contribution in [0.1, 0.15) is 24.9 Å². The van der Waals surface area contributed by atoms with Crippen molar-refractivity contribution in [3.8, 4) is 22.8 Å². The number of hydrogen-bond acceptors (Lipinski definition) is 5. The molecule has 2 aromatic carbocycles. The molecule has 8 heteroatoms. The summed E-state index contributed by atoms with van der Waals surface area (Å²) in [4.78, 5) is 24.7. The van der Waals surface area contributed by atoms with Crippen LogP contribution in [-0.4, -0.2) is 28.9 Å². The Kier molecular flexibility index (Phi) is 5.97. The highest BCUT2D eigenvalue weighted by Gasteiger charge is 2.15. The van der Waals surface area contributed by atoms with E-state index in [9.17, 15) is 14.0 Å². The lowest BCUT2D eigenvalue weighted by Crippen LogP contribution is -2.34. The highest BCUT2D eigenvalue weighted by atomic mass is 19.1. The second-order valence-electron chi connectivity index (χ2n) is 7.27. The van der Waals surface area contributed by atoms with Gasteiger partial charge in [-0.05, 0) is 48.9 Å². The molecule has 0 fully saturated rings. The third-order valence-corrected chi connectivity index (χ3v) is 4.95. The molecular weight excluding hydrogens is 401 g/mol. The highest BCUT2D eigenvalue weighted by Crippen LogP contribution is 2.33. The summed E-state index contributed by atoms with van der Waals surface area (Å²) >= 11 is 0. The lowest BCUT2D eigenvalue weighted by atomic mass is 10.1. The van der Waals surface area contributed by atoms with Gasteiger partial charge in [-0.25, -0.2) is 9.07 Å². The smallest absolute Gasteiger partial charge is 0.267 e. The maximum absolute atomic E-state index is 13.1. The number of fused-ring (bicyclic) bond motifs is 1. The molecule has 2 heterocycles. The number of carbonyl (C=O) groups excluding carboxylic acids is 1. The molecule has 0 spiro atoms. The minimum absolute atomic E-state index is 0.233. The number of carbonyl (C=O) groups is 1. The summed E-state index contributed by atoms with van der Waals surface area (Å²) in [5.74, 6) is 0.580. The van der Waals surface area contributed by atoms with Crippen molar-refractivity contribution in [2.45, 2.75) is 25.9 Å². The molecule has 1 atom stereocenters. The van der Waals surface area contributed by atoms with Crippen molar-refractivity contribution in [3.63, 3.8) is 0 Å². The minimum Gasteiger partial charge on any atom is -0.490 e. The van der Waals surface area contributed by atoms with E-state index < -0.39 is 0 Å². The van der Waals surface area contributed by atoms with E-state index >= 15 is 0 Å². The fourth-order valence-corrected chi connectivity index (χ4v) is 3.30. The van der Waals surface area contributed by atoms with E-state index in [0.29, 0.717) is 30.4 Å². The van der Waals surface area contributed by atoms with Gasteiger partial charge >= 0.3 is 0 Å². The molecule has 1 aromatic heterocycles. The minimum atomic E-state index is -0.386. The first-order valence-corrected chi connectivity index (χ1v) is 10.0. The van der Waals surface area contributed by atoms with Gasteiger partial charge in [-0.1, -0.05) is 12.1 Å². The average molecular weight is 423 g/mol. The number of nitrogens with one attached hydrogen (secondary N) is 1. The van der Waals surface area contributed by atoms with Crippen LogP contribution >= 0.6 is 0 Å². The number of halogens is 1. The summed E-state index contributed by atoms with van der Waals surface area (Å²) in [7, 11) is 0. The van der Waals surface area contributed by atoms with Crippen LogP contribution in [0, 0.1) is 5.82 Å². The molecular formula is C23H22FN3O4. The first kappa shape index (κ1) is 20.6. The van der Waals surface area contributed by atoms with E-state index in [0.717, 1.165) is 22.2 Å². The van der Waals surface area contributed by atoms with Gasteiger partial charge in [0, 0.05) is 18.1 Å². The van der Waals surface area contributed by atoms with Gasteiger partial charge in [-0.2, -0.15) is 5.10 Å². The third-order valence-electron chi connectivity index (χ3n) is 4.95. The van der Waals surface area contributed by atoms with Crippen molar-refractivity contribution in [1.29, 1.82) is 0 Å². The summed E-state index contributed by atoms with van der Waals surface area (Å²) in [6, 6.07) is 14.0. The molecule has 4 rings (SSSR count). The Balaban J connectivity index is 1.50. The van der Waals surface area contributed by atoms with Gasteiger partial charge in [-0.15, -0.1) is 0 Å². The molecule has 3 aromatic rings. The zero-order valence-electron chi connectivity index (χ0n) is 17.0. The normalized spacial score (nSPS) is 13.9. The number of amides is 1. The number of benzene rings is 2. The Morgan fingerprint density at radius 2 is 1.84 bits per heavy atom. The third kappa shape index (κ3) is 4.91. The second-order valence-corrected chi connectivity index (χ2v) is 7.27. The van der Waals surface area contributed by atoms with Crippen LogP contribution in [0.25, 0.3) is 11.3 Å². The molecule has 160 valence electrons. The van der Waals surface area contributed by atoms with Crippen molar-refractivity contribution >= 4 is 5.91 Å². The van der Waals surface area contributed by atoms with Crippen LogP contribution in [0.15, 0.2) is 59.4 Å². The highest BCUT2D eigenvalue weighted by molar-refractivity contribution is 5.76. The molecule has 0 radical (unpaired) electrons. The molecule has 0 bridgehead atoms. The van der Waals surface area contributed by atoms with Crippen LogP contribution in [0.3, 0.4) is 0 Å². The van der Waals surface area contributed by atoms with Crippen LogP contribution in [0.4, 0.5) is 4.39 Å². The predicted octanol–water partition coefficient (Wildman–Crippen LogP) is 3.09. The van der Waals surface area contributed by atoms with E-state index in [1.165, 1.54) is 18.2 Å². The maximum atomic E-state index is 13.1. The fraction of sp³-hybridized carbons (Fsp3) is 0.261. The molecule has 1 unspecified atom stereocenters. The number of ether oxygens (including phenoxy) is 2. The van der Waals surface area contributed by atoms with Gasteiger partial charge < -0.3 is 14.8 Å². The Morgan fingerprint density at radius 3 is 2.61 bits per heavy atom. The Morgan fingerprint density at radius 1 is 1.10 bits per heavy atom. The summed E-state index contributed by atoms with van der Waals surface area (Å²) < 4.78 is 25.6. The maximum Gasteiger partial charge on any atom is 0.267 e. The van der Waals surface area contributed by atoms with Crippen LogP contribution < -0.4 is 20.3 Å². The molecule has 1 amide bonds. The van der Waals surface area contributed by atoms with Crippen LogP contribution in [-0.2, 0) is 11.3 Å². The first-order chi connectivity index (χ1) is 15.0. The molecule has 31 heavy (non-hydrogen) atoms. The van der Waals surface area contributed by atoms with Gasteiger partial charge in [0.05, 0.1) is 24.9 Å². The molecule has 0 saturated heterocycles. The summed E-state index contributed by atoms with van der Waals surface area (Å²) in [5.41, 5.74) is 1.66. The number of rotatable bonds is 5. The van der Waals surface area contributed by atoms with Gasteiger partial charge in [0.15, 0.2) is 11.5 Å². The fourth-order valence-electron chi connectivity index (χ4n) is 3.30. The quantitative estimate of drug-likeness (QED) is 0.682. The van der Waals surface area contributed by atoms with Crippen LogP contribution in [0.2, 0.25) is 0 Å². The summed E-state index contributed by atoms with van der Waals surface area (Å²) in [6.45, 7) is 2.72. The Hall–Kier alpha value is -3.68. The molecule has 7 nitrogen and oxygen atoms in total. The van der Waals surface area contributed by atoms with E-state index in [1.807, 2.05) is 18.2 Å². The van der Waals surface area contributed by atoms with E-state index in [-0.39, 0.29) is 29.9 Å². The Labute approximate surface area is 178 Å². The molecule has 0 saturated carbocycles. The number of nitrogens with zero attached hydrogens (tertiary/aromatic N) is 2. The van der Waals surface area contributed by atoms with Crippen LogP contribution in [0.5, 0.6) is 11.5 Å². The Bertz CT molecular complexity index is 1140. The molecule has 1 aliphatic rings. The summed E-state index contributed by atoms with van der Waals surface area (Å²) in [6.07, 6.45) is 0.804. The lowest BCUT2D eigenvalue weighted by Gasteiger charge is -2.15. The van der Waals surface area contributed by atoms with E-state index in [1.54, 1.807) is 25.1 Å². The first-order valence-electron chi connectivity index (χ1n) is 10.0. The predicted molar refractivity (Wildman–Crippen MR) is 112 cm³/mol. The number of hydrogen-bond donors (Lipinski definition) is 1. The lowest BCUT2D eigenvalue weighted by molar-refractivity contribution is -0.122. The van der Waals surface area contributed by atoms with Gasteiger partial charge in [-0.3, -0.25) is 9.59 Å². The van der Waals surface area contributed by atoms with Gasteiger partial charge in [0.2, 0.25) is 5.91 Å². The molecule has 0 aliphatic carbocycles. The largest absolute Gasteiger partial charge is 0.490 e. The van der Waals surface area contributed by atoms with Gasteiger partial charge in [0.25, 0.3) is 5.56 Å². The van der Waals surface area contributed by atoms with Gasteiger partial charge in [0.1, 0.15) is 12.4 Å². The summed E-state index contributed by atoms with van der Waals surface area (Å²) in [5, 5.41) is 7.14. The zero-order valence-corrected chi connectivity index (χ0v) is 17.0. The zero-order chi connectivity index (χ0) is 21.8. The molecule has 1 N–H and O–H groups in total. The standard InChI is InChI=1S/C23H22FN3O4/c1-15(16-3-6-18(24)7-4-16)25-22(28)14-27-23(29)10-8-19(26-27)17-5-9-20-21(13-17)31-12-2-11-30-20/h3-10,13,15H,2,11-12,14H2,1H3,(H,25,28). The number of aromatic nitrogens is 2. The van der Waals surface area contributed by atoms with Crippen molar-refractivity contribution in [2.24, 2.45) is 0 Å². The van der Waals surface area contributed by atoms with Crippen molar-refractivity contribution in [2.75, 3.05) is 13.2 Å². The SMILES string of the molecule is CC(NC(=O)Cn1nc(-c2ccc3c(c2)OCCCO3)ccc1=O)c1ccc(F)cc1. The van der Waals surface area contributed by atoms with Crippen molar-refractivity contribution in [1.82, 2.24) is 15.1 Å².